The molecule has 2 heterocycles. The topological polar surface area (TPSA) is 89.2 Å². The first-order valence-electron chi connectivity index (χ1n) is 7.80. The third kappa shape index (κ3) is 3.28. The Morgan fingerprint density at radius 3 is 2.96 bits per heavy atom. The number of hydrogen-bond donors (Lipinski definition) is 2. The fourth-order valence-electron chi connectivity index (χ4n) is 2.80. The molecule has 1 aliphatic rings. The molecule has 0 bridgehead atoms. The van der Waals surface area contributed by atoms with Crippen LogP contribution < -0.4 is 11.0 Å². The zero-order valence-corrected chi connectivity index (χ0v) is 13.1. The van der Waals surface area contributed by atoms with Crippen molar-refractivity contribution in [3.05, 3.63) is 40.1 Å². The summed E-state index contributed by atoms with van der Waals surface area (Å²) in [6.45, 7) is 2.35. The lowest BCUT2D eigenvalue weighted by atomic mass is 10.2. The van der Waals surface area contributed by atoms with Crippen molar-refractivity contribution in [2.75, 3.05) is 5.32 Å². The Labute approximate surface area is 133 Å². The van der Waals surface area contributed by atoms with Crippen LogP contribution >= 0.6 is 0 Å². The highest BCUT2D eigenvalue weighted by Gasteiger charge is 2.17. The molecule has 0 radical (unpaired) electrons. The number of anilines is 1. The van der Waals surface area contributed by atoms with Crippen LogP contribution in [0, 0.1) is 6.92 Å². The Morgan fingerprint density at radius 2 is 2.17 bits per heavy atom. The van der Waals surface area contributed by atoms with E-state index in [9.17, 15) is 14.7 Å². The molecular weight excluding hydrogens is 296 g/mol. The summed E-state index contributed by atoms with van der Waals surface area (Å²) in [4.78, 5) is 24.4. The second-order valence-electron chi connectivity index (χ2n) is 5.89. The molecule has 1 aromatic heterocycles. The van der Waals surface area contributed by atoms with Crippen LogP contribution in [-0.2, 0) is 24.3 Å². The van der Waals surface area contributed by atoms with Crippen molar-refractivity contribution in [2.45, 2.75) is 45.7 Å². The fraction of sp³-hybridized carbons (Fsp3) is 0.438. The molecule has 0 spiro atoms. The minimum atomic E-state index is -0.389. The SMILES string of the molecule is Cc1ccc(NC(=O)Cn2nc3n(c2=O)CCCCC3)c(O)c1. The van der Waals surface area contributed by atoms with Gasteiger partial charge in [0.05, 0.1) is 5.69 Å². The molecule has 0 atom stereocenters. The van der Waals surface area contributed by atoms with Gasteiger partial charge in [-0.2, -0.15) is 5.10 Å². The molecule has 0 unspecified atom stereocenters. The Kier molecular flexibility index (Phi) is 4.18. The number of aromatic nitrogens is 3. The summed E-state index contributed by atoms with van der Waals surface area (Å²) in [6, 6.07) is 4.99. The van der Waals surface area contributed by atoms with Crippen LogP contribution in [0.3, 0.4) is 0 Å². The van der Waals surface area contributed by atoms with Crippen molar-refractivity contribution in [1.82, 2.24) is 14.3 Å². The van der Waals surface area contributed by atoms with Crippen molar-refractivity contribution >= 4 is 11.6 Å². The number of nitrogens with zero attached hydrogens (tertiary/aromatic N) is 3. The highest BCUT2D eigenvalue weighted by Crippen LogP contribution is 2.23. The number of phenols is 1. The quantitative estimate of drug-likeness (QED) is 0.838. The van der Waals surface area contributed by atoms with Gasteiger partial charge in [0.25, 0.3) is 0 Å². The predicted octanol–water partition coefficient (Wildman–Crippen LogP) is 1.42. The Bertz CT molecular complexity index is 791. The zero-order chi connectivity index (χ0) is 16.4. The van der Waals surface area contributed by atoms with E-state index in [2.05, 4.69) is 10.4 Å². The van der Waals surface area contributed by atoms with Gasteiger partial charge in [0, 0.05) is 13.0 Å². The maximum Gasteiger partial charge on any atom is 0.346 e. The molecule has 1 aliphatic heterocycles. The maximum atomic E-state index is 12.3. The number of rotatable bonds is 3. The van der Waals surface area contributed by atoms with Crippen molar-refractivity contribution in [3.8, 4) is 5.75 Å². The third-order valence-electron chi connectivity index (χ3n) is 4.00. The molecule has 1 aromatic carbocycles. The summed E-state index contributed by atoms with van der Waals surface area (Å²) in [6.07, 6.45) is 3.83. The molecule has 7 nitrogen and oxygen atoms in total. The second kappa shape index (κ2) is 6.28. The van der Waals surface area contributed by atoms with Gasteiger partial charge in [0.2, 0.25) is 5.91 Å². The summed E-state index contributed by atoms with van der Waals surface area (Å²) in [5.74, 6) is 0.365. The van der Waals surface area contributed by atoms with Gasteiger partial charge >= 0.3 is 5.69 Å². The van der Waals surface area contributed by atoms with Gasteiger partial charge in [-0.05, 0) is 37.5 Å². The number of aromatic hydroxyl groups is 1. The average Bonchev–Trinajstić information content (AvgIpc) is 2.68. The molecule has 0 saturated heterocycles. The zero-order valence-electron chi connectivity index (χ0n) is 13.1. The van der Waals surface area contributed by atoms with Gasteiger partial charge in [-0.25, -0.2) is 9.48 Å². The van der Waals surface area contributed by atoms with Gasteiger partial charge in [-0.1, -0.05) is 12.5 Å². The lowest BCUT2D eigenvalue weighted by Crippen LogP contribution is -2.30. The lowest BCUT2D eigenvalue weighted by molar-refractivity contribution is -0.117. The summed E-state index contributed by atoms with van der Waals surface area (Å²) < 4.78 is 2.85. The Morgan fingerprint density at radius 1 is 1.35 bits per heavy atom. The molecule has 2 N–H and O–H groups in total. The third-order valence-corrected chi connectivity index (χ3v) is 4.00. The number of phenolic OH excluding ortho intramolecular Hbond substituents is 1. The largest absolute Gasteiger partial charge is 0.506 e. The van der Waals surface area contributed by atoms with E-state index in [-0.39, 0.29) is 23.9 Å². The standard InChI is InChI=1S/C16H20N4O3/c1-11-6-7-12(13(21)9-11)17-15(22)10-20-16(23)19-8-4-2-3-5-14(19)18-20/h6-7,9,21H,2-5,8,10H2,1H3,(H,17,22). The van der Waals surface area contributed by atoms with Crippen LogP contribution in [0.5, 0.6) is 5.75 Å². The van der Waals surface area contributed by atoms with Crippen LogP contribution in [0.15, 0.2) is 23.0 Å². The number of nitrogens with one attached hydrogen (secondary N) is 1. The van der Waals surface area contributed by atoms with Gasteiger partial charge in [0.15, 0.2) is 0 Å². The molecule has 0 aliphatic carbocycles. The number of carbonyl (C=O) groups is 1. The van der Waals surface area contributed by atoms with Crippen molar-refractivity contribution < 1.29 is 9.90 Å². The van der Waals surface area contributed by atoms with E-state index >= 15 is 0 Å². The molecule has 1 amide bonds. The van der Waals surface area contributed by atoms with E-state index in [4.69, 9.17) is 0 Å². The minimum absolute atomic E-state index is 0.00585. The van der Waals surface area contributed by atoms with Crippen LogP contribution in [0.1, 0.15) is 30.7 Å². The highest BCUT2D eigenvalue weighted by molar-refractivity contribution is 5.92. The van der Waals surface area contributed by atoms with Crippen LogP contribution in [-0.4, -0.2) is 25.4 Å². The van der Waals surface area contributed by atoms with Crippen LogP contribution in [0.4, 0.5) is 5.69 Å². The summed E-state index contributed by atoms with van der Waals surface area (Å²) in [5, 5.41) is 16.7. The smallest absolute Gasteiger partial charge is 0.346 e. The Balaban J connectivity index is 1.74. The first-order valence-corrected chi connectivity index (χ1v) is 7.80. The number of benzene rings is 1. The molecule has 3 rings (SSSR count). The van der Waals surface area contributed by atoms with Crippen LogP contribution in [0.25, 0.3) is 0 Å². The van der Waals surface area contributed by atoms with Gasteiger partial charge < -0.3 is 10.4 Å². The van der Waals surface area contributed by atoms with Gasteiger partial charge in [-0.3, -0.25) is 9.36 Å². The monoisotopic (exact) mass is 316 g/mol. The van der Waals surface area contributed by atoms with Crippen molar-refractivity contribution in [3.63, 3.8) is 0 Å². The first-order chi connectivity index (χ1) is 11.0. The van der Waals surface area contributed by atoms with Gasteiger partial charge in [-0.15, -0.1) is 0 Å². The van der Waals surface area contributed by atoms with E-state index in [0.717, 1.165) is 37.1 Å². The van der Waals surface area contributed by atoms with E-state index in [1.807, 2.05) is 6.92 Å². The first kappa shape index (κ1) is 15.3. The van der Waals surface area contributed by atoms with Crippen LogP contribution in [0.2, 0.25) is 0 Å². The summed E-state index contributed by atoms with van der Waals surface area (Å²) >= 11 is 0. The molecule has 0 saturated carbocycles. The maximum absolute atomic E-state index is 12.3. The van der Waals surface area contributed by atoms with E-state index in [1.165, 1.54) is 4.68 Å². The molecular formula is C16H20N4O3. The van der Waals surface area contributed by atoms with E-state index < -0.39 is 0 Å². The normalized spacial score (nSPS) is 14.1. The highest BCUT2D eigenvalue weighted by atomic mass is 16.3. The average molecular weight is 316 g/mol. The van der Waals surface area contributed by atoms with Crippen molar-refractivity contribution in [1.29, 1.82) is 0 Å². The number of amides is 1. The van der Waals surface area contributed by atoms with E-state index in [1.54, 1.807) is 22.8 Å². The second-order valence-corrected chi connectivity index (χ2v) is 5.89. The molecule has 23 heavy (non-hydrogen) atoms. The number of hydrogen-bond acceptors (Lipinski definition) is 4. The summed E-state index contributed by atoms with van der Waals surface area (Å²) in [5.41, 5.74) is 0.981. The van der Waals surface area contributed by atoms with Gasteiger partial charge in [0.1, 0.15) is 18.1 Å². The molecule has 122 valence electrons. The summed E-state index contributed by atoms with van der Waals surface area (Å²) in [7, 11) is 0. The number of fused-ring (bicyclic) bond motifs is 1. The lowest BCUT2D eigenvalue weighted by Gasteiger charge is -2.07. The minimum Gasteiger partial charge on any atom is -0.506 e. The predicted molar refractivity (Wildman–Crippen MR) is 85.5 cm³/mol. The number of aryl methyl sites for hydroxylation is 2. The molecule has 0 fully saturated rings. The fourth-order valence-corrected chi connectivity index (χ4v) is 2.80. The Hall–Kier alpha value is -2.57. The van der Waals surface area contributed by atoms with E-state index in [0.29, 0.717) is 12.2 Å². The molecule has 7 heteroatoms. The molecule has 2 aromatic rings. The number of carbonyl (C=O) groups excluding carboxylic acids is 1. The van der Waals surface area contributed by atoms with Crippen molar-refractivity contribution in [2.24, 2.45) is 0 Å².